The largest absolute Gasteiger partial charge is 0.392 e. The second-order valence-electron chi connectivity index (χ2n) is 5.15. The van der Waals surface area contributed by atoms with Crippen LogP contribution >= 0.6 is 27.3 Å². The summed E-state index contributed by atoms with van der Waals surface area (Å²) in [5, 5.41) is 10.5. The predicted molar refractivity (Wildman–Crippen MR) is 81.2 cm³/mol. The minimum absolute atomic E-state index is 0.253. The molecule has 0 fully saturated rings. The Morgan fingerprint density at radius 2 is 1.84 bits per heavy atom. The summed E-state index contributed by atoms with van der Waals surface area (Å²) in [5.74, 6) is -0.253. The average Bonchev–Trinajstić information content (AvgIpc) is 2.75. The van der Waals surface area contributed by atoms with E-state index in [9.17, 15) is 9.50 Å². The van der Waals surface area contributed by atoms with Crippen LogP contribution in [0.4, 0.5) is 4.39 Å². The van der Waals surface area contributed by atoms with Crippen molar-refractivity contribution in [1.29, 1.82) is 0 Å². The topological polar surface area (TPSA) is 20.2 Å². The van der Waals surface area contributed by atoms with Crippen LogP contribution < -0.4 is 0 Å². The average molecular weight is 343 g/mol. The van der Waals surface area contributed by atoms with Gasteiger partial charge < -0.3 is 5.11 Å². The molecule has 0 radical (unpaired) electrons. The minimum atomic E-state index is -0.511. The molecule has 19 heavy (non-hydrogen) atoms. The zero-order valence-corrected chi connectivity index (χ0v) is 13.3. The number of hydrogen-bond acceptors (Lipinski definition) is 2. The van der Waals surface area contributed by atoms with Gasteiger partial charge in [0, 0.05) is 16.7 Å². The van der Waals surface area contributed by atoms with Gasteiger partial charge in [-0.25, -0.2) is 4.39 Å². The molecule has 2 rings (SSSR count). The summed E-state index contributed by atoms with van der Waals surface area (Å²) in [7, 11) is 0. The fourth-order valence-corrected chi connectivity index (χ4v) is 3.50. The van der Waals surface area contributed by atoms with Crippen molar-refractivity contribution < 1.29 is 9.50 Å². The lowest BCUT2D eigenvalue weighted by molar-refractivity contribution is 0.101. The third-order valence-corrected chi connectivity index (χ3v) is 5.09. The van der Waals surface area contributed by atoms with E-state index in [4.69, 9.17) is 0 Å². The van der Waals surface area contributed by atoms with Crippen molar-refractivity contribution in [3.8, 4) is 0 Å². The Morgan fingerprint density at radius 3 is 2.37 bits per heavy atom. The summed E-state index contributed by atoms with van der Waals surface area (Å²) in [4.78, 5) is 1.13. The Labute approximate surface area is 125 Å². The van der Waals surface area contributed by atoms with Crippen molar-refractivity contribution in [2.24, 2.45) is 0 Å². The number of hydrogen-bond donors (Lipinski definition) is 1. The highest BCUT2D eigenvalue weighted by atomic mass is 79.9. The Morgan fingerprint density at radius 1 is 1.21 bits per heavy atom. The van der Waals surface area contributed by atoms with Gasteiger partial charge in [-0.3, -0.25) is 0 Å². The lowest BCUT2D eigenvalue weighted by atomic mass is 9.78. The van der Waals surface area contributed by atoms with E-state index >= 15 is 0 Å². The summed E-state index contributed by atoms with van der Waals surface area (Å²) >= 11 is 5.05. The fourth-order valence-electron chi connectivity index (χ4n) is 1.98. The molecule has 0 aliphatic heterocycles. The van der Waals surface area contributed by atoms with Gasteiger partial charge in [-0.15, -0.1) is 11.3 Å². The van der Waals surface area contributed by atoms with E-state index in [0.717, 1.165) is 14.2 Å². The van der Waals surface area contributed by atoms with Crippen LogP contribution in [-0.2, 0) is 11.8 Å². The van der Waals surface area contributed by atoms with Crippen LogP contribution in [0.15, 0.2) is 40.2 Å². The monoisotopic (exact) mass is 342 g/mol. The molecule has 0 bridgehead atoms. The van der Waals surface area contributed by atoms with Crippen molar-refractivity contribution in [3.63, 3.8) is 0 Å². The lowest BCUT2D eigenvalue weighted by Crippen LogP contribution is -2.35. The molecule has 1 atom stereocenters. The van der Waals surface area contributed by atoms with Crippen LogP contribution in [0.5, 0.6) is 0 Å². The molecule has 0 aliphatic carbocycles. The van der Waals surface area contributed by atoms with Crippen molar-refractivity contribution in [2.45, 2.75) is 31.8 Å². The number of aliphatic hydroxyl groups excluding tert-OH is 1. The van der Waals surface area contributed by atoms with Gasteiger partial charge in [0.05, 0.1) is 9.89 Å². The van der Waals surface area contributed by atoms with Crippen molar-refractivity contribution in [3.05, 3.63) is 56.4 Å². The van der Waals surface area contributed by atoms with Gasteiger partial charge in [-0.1, -0.05) is 26.0 Å². The third-order valence-electron chi connectivity index (χ3n) is 3.44. The zero-order valence-electron chi connectivity index (χ0n) is 10.9. The summed E-state index contributed by atoms with van der Waals surface area (Å²) in [6.45, 7) is 3.96. The normalized spacial score (nSPS) is 13.5. The van der Waals surface area contributed by atoms with Gasteiger partial charge in [-0.05, 0) is 45.8 Å². The molecular weight excluding hydrogens is 327 g/mol. The molecule has 0 aliphatic rings. The molecule has 2 aromatic rings. The molecule has 1 nitrogen and oxygen atoms in total. The zero-order chi connectivity index (χ0) is 14.0. The van der Waals surface area contributed by atoms with E-state index in [-0.39, 0.29) is 5.82 Å². The first kappa shape index (κ1) is 14.7. The van der Waals surface area contributed by atoms with Crippen molar-refractivity contribution >= 4 is 27.3 Å². The summed E-state index contributed by atoms with van der Waals surface area (Å²) in [6.07, 6.45) is 0.0872. The quantitative estimate of drug-likeness (QED) is 0.865. The van der Waals surface area contributed by atoms with Gasteiger partial charge in [0.1, 0.15) is 5.82 Å². The van der Waals surface area contributed by atoms with Gasteiger partial charge in [0.15, 0.2) is 0 Å². The van der Waals surface area contributed by atoms with E-state index in [0.29, 0.717) is 6.42 Å². The molecule has 0 amide bonds. The maximum Gasteiger partial charge on any atom is 0.123 e. The van der Waals surface area contributed by atoms with E-state index in [1.807, 2.05) is 26.0 Å². The molecule has 0 saturated heterocycles. The highest BCUT2D eigenvalue weighted by Gasteiger charge is 2.30. The Balaban J connectivity index is 2.16. The molecule has 1 unspecified atom stereocenters. The van der Waals surface area contributed by atoms with E-state index < -0.39 is 11.5 Å². The first-order valence-electron chi connectivity index (χ1n) is 6.08. The minimum Gasteiger partial charge on any atom is -0.392 e. The first-order valence-corrected chi connectivity index (χ1v) is 7.69. The number of aliphatic hydroxyl groups is 1. The number of thiophene rings is 1. The van der Waals surface area contributed by atoms with E-state index in [2.05, 4.69) is 15.9 Å². The molecule has 1 aromatic carbocycles. The lowest BCUT2D eigenvalue weighted by Gasteiger charge is -2.31. The molecule has 0 saturated carbocycles. The number of benzene rings is 1. The predicted octanol–water partition coefficient (Wildman–Crippen LogP) is 4.53. The van der Waals surface area contributed by atoms with Gasteiger partial charge >= 0.3 is 0 Å². The van der Waals surface area contributed by atoms with Crippen LogP contribution in [0.3, 0.4) is 0 Å². The third kappa shape index (κ3) is 3.44. The standard InChI is InChI=1S/C15H16BrFOS/c1-15(2,10-3-5-11(17)6-4-10)13(18)9-12-7-8-14(16)19-12/h3-8,13,18H,9H2,1-2H3. The number of rotatable bonds is 4. The molecular formula is C15H16BrFOS. The van der Waals surface area contributed by atoms with Gasteiger partial charge in [-0.2, -0.15) is 0 Å². The van der Waals surface area contributed by atoms with Crippen molar-refractivity contribution in [2.75, 3.05) is 0 Å². The Bertz CT molecular complexity index is 548. The summed E-state index contributed by atoms with van der Waals surface area (Å²) in [6, 6.07) is 10.3. The molecule has 0 spiro atoms. The van der Waals surface area contributed by atoms with Crippen LogP contribution in [0.25, 0.3) is 0 Å². The van der Waals surface area contributed by atoms with Crippen molar-refractivity contribution in [1.82, 2.24) is 0 Å². The van der Waals surface area contributed by atoms with E-state index in [1.54, 1.807) is 23.5 Å². The Hall–Kier alpha value is -0.710. The molecule has 4 heteroatoms. The van der Waals surface area contributed by atoms with E-state index in [1.165, 1.54) is 12.1 Å². The second kappa shape index (κ2) is 5.73. The van der Waals surface area contributed by atoms with Crippen LogP contribution in [-0.4, -0.2) is 11.2 Å². The maximum atomic E-state index is 13.0. The highest BCUT2D eigenvalue weighted by molar-refractivity contribution is 9.11. The summed E-state index contributed by atoms with van der Waals surface area (Å²) in [5.41, 5.74) is 0.529. The maximum absolute atomic E-state index is 13.0. The highest BCUT2D eigenvalue weighted by Crippen LogP contribution is 2.31. The SMILES string of the molecule is CC(C)(c1ccc(F)cc1)C(O)Cc1ccc(Br)s1. The second-order valence-corrected chi connectivity index (χ2v) is 7.70. The smallest absolute Gasteiger partial charge is 0.123 e. The molecule has 1 aromatic heterocycles. The molecule has 1 N–H and O–H groups in total. The summed E-state index contributed by atoms with van der Waals surface area (Å²) < 4.78 is 14.0. The van der Waals surface area contributed by atoms with Crippen LogP contribution in [0.1, 0.15) is 24.3 Å². The number of halogens is 2. The molecule has 1 heterocycles. The fraction of sp³-hybridized carbons (Fsp3) is 0.333. The van der Waals surface area contributed by atoms with Crippen LogP contribution in [0.2, 0.25) is 0 Å². The van der Waals surface area contributed by atoms with Gasteiger partial charge in [0.25, 0.3) is 0 Å². The van der Waals surface area contributed by atoms with Gasteiger partial charge in [0.2, 0.25) is 0 Å². The van der Waals surface area contributed by atoms with Crippen LogP contribution in [0, 0.1) is 5.82 Å². The molecule has 102 valence electrons. The first-order chi connectivity index (χ1) is 8.89. The Kier molecular flexibility index (Phi) is 4.43.